The fourth-order valence-electron chi connectivity index (χ4n) is 1.55. The summed E-state index contributed by atoms with van der Waals surface area (Å²) in [4.78, 5) is 10.7. The number of carboxylic acid groups (broad SMARTS) is 1. The van der Waals surface area contributed by atoms with Crippen LogP contribution in [0, 0.1) is 6.92 Å². The molecule has 102 valence electrons. The van der Waals surface area contributed by atoms with Crippen LogP contribution in [0.25, 0.3) is 0 Å². The highest BCUT2D eigenvalue weighted by molar-refractivity contribution is 5.72. The fourth-order valence-corrected chi connectivity index (χ4v) is 1.55. The van der Waals surface area contributed by atoms with Gasteiger partial charge in [-0.25, -0.2) is 0 Å². The Morgan fingerprint density at radius 3 is 2.80 bits per heavy atom. The van der Waals surface area contributed by atoms with Crippen molar-refractivity contribution in [2.24, 2.45) is 10.2 Å². The first kappa shape index (κ1) is 13.6. The molecule has 1 heterocycles. The summed E-state index contributed by atoms with van der Waals surface area (Å²) in [5.74, 6) is -0.751. The second-order valence-electron chi connectivity index (χ2n) is 4.17. The number of aliphatic carboxylic acids is 1. The third-order valence-electron chi connectivity index (χ3n) is 2.45. The topological polar surface area (TPSA) is 108 Å². The van der Waals surface area contributed by atoms with Gasteiger partial charge in [-0.05, 0) is 36.8 Å². The van der Waals surface area contributed by atoms with E-state index in [1.165, 1.54) is 18.2 Å². The van der Waals surface area contributed by atoms with E-state index >= 15 is 0 Å². The molecule has 20 heavy (non-hydrogen) atoms. The summed E-state index contributed by atoms with van der Waals surface area (Å²) >= 11 is 0. The first-order chi connectivity index (χ1) is 9.54. The summed E-state index contributed by atoms with van der Waals surface area (Å²) < 4.78 is 0. The zero-order valence-corrected chi connectivity index (χ0v) is 10.7. The van der Waals surface area contributed by atoms with Crippen molar-refractivity contribution in [2.45, 2.75) is 13.3 Å². The number of phenols is 1. The Bertz CT molecular complexity index is 670. The SMILES string of the molecule is Cc1cnnc(N=Nc2ccc(O)c(CC(=O)O)c2)c1. The number of hydrogen-bond donors (Lipinski definition) is 2. The predicted molar refractivity (Wildman–Crippen MR) is 70.4 cm³/mol. The van der Waals surface area contributed by atoms with Gasteiger partial charge in [-0.3, -0.25) is 4.79 Å². The third-order valence-corrected chi connectivity index (χ3v) is 2.45. The second kappa shape index (κ2) is 5.87. The van der Waals surface area contributed by atoms with Crippen LogP contribution >= 0.6 is 0 Å². The normalized spacial score (nSPS) is 10.8. The Kier molecular flexibility index (Phi) is 3.99. The number of carboxylic acids is 1. The van der Waals surface area contributed by atoms with E-state index < -0.39 is 5.97 Å². The van der Waals surface area contributed by atoms with E-state index in [-0.39, 0.29) is 17.7 Å². The summed E-state index contributed by atoms with van der Waals surface area (Å²) in [6.07, 6.45) is 1.32. The van der Waals surface area contributed by atoms with Crippen molar-refractivity contribution in [2.75, 3.05) is 0 Å². The fraction of sp³-hybridized carbons (Fsp3) is 0.154. The number of azo groups is 1. The van der Waals surface area contributed by atoms with Gasteiger partial charge in [0.1, 0.15) is 5.75 Å². The summed E-state index contributed by atoms with van der Waals surface area (Å²) in [5.41, 5.74) is 1.62. The molecule has 0 saturated carbocycles. The summed E-state index contributed by atoms with van der Waals surface area (Å²) in [5, 5.41) is 33.7. The lowest BCUT2D eigenvalue weighted by Gasteiger charge is -2.02. The Balaban J connectivity index is 2.23. The highest BCUT2D eigenvalue weighted by Gasteiger charge is 2.07. The zero-order valence-electron chi connectivity index (χ0n) is 10.7. The summed E-state index contributed by atoms with van der Waals surface area (Å²) in [6.45, 7) is 1.86. The highest BCUT2D eigenvalue weighted by Crippen LogP contribution is 2.25. The minimum absolute atomic E-state index is 0.0818. The van der Waals surface area contributed by atoms with E-state index in [4.69, 9.17) is 5.11 Å². The second-order valence-corrected chi connectivity index (χ2v) is 4.17. The molecule has 2 rings (SSSR count). The Morgan fingerprint density at radius 2 is 2.10 bits per heavy atom. The zero-order chi connectivity index (χ0) is 14.5. The molecule has 7 nitrogen and oxygen atoms in total. The average molecular weight is 272 g/mol. The molecule has 2 aromatic rings. The van der Waals surface area contributed by atoms with Gasteiger partial charge >= 0.3 is 5.97 Å². The summed E-state index contributed by atoms with van der Waals surface area (Å²) in [7, 11) is 0. The molecule has 0 saturated heterocycles. The van der Waals surface area contributed by atoms with Crippen LogP contribution in [-0.4, -0.2) is 26.4 Å². The van der Waals surface area contributed by atoms with Crippen LogP contribution in [0.3, 0.4) is 0 Å². The number of carbonyl (C=O) groups is 1. The van der Waals surface area contributed by atoms with E-state index in [9.17, 15) is 9.90 Å². The maximum Gasteiger partial charge on any atom is 0.307 e. The summed E-state index contributed by atoms with van der Waals surface area (Å²) in [6, 6.07) is 6.10. The molecule has 0 unspecified atom stereocenters. The number of aryl methyl sites for hydroxylation is 1. The molecule has 0 aliphatic heterocycles. The van der Waals surface area contributed by atoms with Gasteiger partial charge in [0.05, 0.1) is 18.3 Å². The Morgan fingerprint density at radius 1 is 1.30 bits per heavy atom. The van der Waals surface area contributed by atoms with Crippen LogP contribution in [0.5, 0.6) is 5.75 Å². The Hall–Kier alpha value is -2.83. The largest absolute Gasteiger partial charge is 0.508 e. The third kappa shape index (κ3) is 3.58. The van der Waals surface area contributed by atoms with Gasteiger partial charge in [-0.1, -0.05) is 0 Å². The van der Waals surface area contributed by atoms with Crippen molar-refractivity contribution >= 4 is 17.5 Å². The van der Waals surface area contributed by atoms with Gasteiger partial charge in [-0.2, -0.15) is 5.10 Å². The lowest BCUT2D eigenvalue weighted by atomic mass is 10.1. The molecule has 1 aromatic heterocycles. The molecule has 0 aliphatic rings. The maximum atomic E-state index is 10.7. The molecule has 0 atom stereocenters. The molecule has 0 aliphatic carbocycles. The monoisotopic (exact) mass is 272 g/mol. The first-order valence-electron chi connectivity index (χ1n) is 5.79. The molecule has 1 aromatic carbocycles. The number of phenolic OH excluding ortho intramolecular Hbond substituents is 1. The van der Waals surface area contributed by atoms with Crippen molar-refractivity contribution in [3.05, 3.63) is 41.6 Å². The van der Waals surface area contributed by atoms with Gasteiger partial charge < -0.3 is 10.2 Å². The molecule has 0 amide bonds. The first-order valence-corrected chi connectivity index (χ1v) is 5.79. The number of aromatic nitrogens is 2. The van der Waals surface area contributed by atoms with Gasteiger partial charge in [0.2, 0.25) is 0 Å². The molecular formula is C13H12N4O3. The van der Waals surface area contributed by atoms with E-state index in [0.717, 1.165) is 5.56 Å². The van der Waals surface area contributed by atoms with Gasteiger partial charge in [0.15, 0.2) is 5.82 Å². The minimum Gasteiger partial charge on any atom is -0.508 e. The van der Waals surface area contributed by atoms with E-state index in [1.54, 1.807) is 12.3 Å². The van der Waals surface area contributed by atoms with Gasteiger partial charge in [0.25, 0.3) is 0 Å². The molecule has 0 fully saturated rings. The van der Waals surface area contributed by atoms with Crippen molar-refractivity contribution in [1.82, 2.24) is 10.2 Å². The maximum absolute atomic E-state index is 10.7. The quantitative estimate of drug-likeness (QED) is 0.831. The Labute approximate surface area is 114 Å². The number of benzene rings is 1. The number of rotatable bonds is 4. The molecular weight excluding hydrogens is 260 g/mol. The predicted octanol–water partition coefficient (Wildman–Crippen LogP) is 2.53. The van der Waals surface area contributed by atoms with Crippen molar-refractivity contribution in [3.8, 4) is 5.75 Å². The highest BCUT2D eigenvalue weighted by atomic mass is 16.4. The smallest absolute Gasteiger partial charge is 0.307 e. The minimum atomic E-state index is -1.03. The van der Waals surface area contributed by atoms with Gasteiger partial charge in [-0.15, -0.1) is 15.3 Å². The van der Waals surface area contributed by atoms with Crippen LogP contribution in [0.4, 0.5) is 11.5 Å². The lowest BCUT2D eigenvalue weighted by Crippen LogP contribution is -1.99. The van der Waals surface area contributed by atoms with E-state index in [2.05, 4.69) is 20.4 Å². The van der Waals surface area contributed by atoms with E-state index in [0.29, 0.717) is 11.5 Å². The van der Waals surface area contributed by atoms with Crippen LogP contribution in [0.15, 0.2) is 40.7 Å². The van der Waals surface area contributed by atoms with Gasteiger partial charge in [0, 0.05) is 5.56 Å². The lowest BCUT2D eigenvalue weighted by molar-refractivity contribution is -0.136. The van der Waals surface area contributed by atoms with Crippen LogP contribution < -0.4 is 0 Å². The van der Waals surface area contributed by atoms with Crippen molar-refractivity contribution in [3.63, 3.8) is 0 Å². The molecule has 7 heteroatoms. The van der Waals surface area contributed by atoms with Crippen LogP contribution in [0.1, 0.15) is 11.1 Å². The van der Waals surface area contributed by atoms with Crippen molar-refractivity contribution < 1.29 is 15.0 Å². The molecule has 0 radical (unpaired) electrons. The number of aromatic hydroxyl groups is 1. The van der Waals surface area contributed by atoms with Crippen molar-refractivity contribution in [1.29, 1.82) is 0 Å². The van der Waals surface area contributed by atoms with E-state index in [1.807, 2.05) is 6.92 Å². The molecule has 2 N–H and O–H groups in total. The number of nitrogens with zero attached hydrogens (tertiary/aromatic N) is 4. The number of hydrogen-bond acceptors (Lipinski definition) is 6. The standard InChI is InChI=1S/C13H12N4O3/c1-8-4-12(16-14-7-8)17-15-10-2-3-11(18)9(5-10)6-13(19)20/h2-5,7,18H,6H2,1H3,(H,19,20). The molecule has 0 spiro atoms. The van der Waals surface area contributed by atoms with Crippen LogP contribution in [-0.2, 0) is 11.2 Å². The van der Waals surface area contributed by atoms with Crippen LogP contribution in [0.2, 0.25) is 0 Å². The molecule has 0 bridgehead atoms. The average Bonchev–Trinajstić information content (AvgIpc) is 2.39.